The van der Waals surface area contributed by atoms with Crippen LogP contribution in [0, 0.1) is 6.92 Å². The SMILES string of the molecule is Cc1ccc(NC(=O)[C@@H](C)Sc2nnnn2CCc2cccs2)cc1. The summed E-state index contributed by atoms with van der Waals surface area (Å²) in [6, 6.07) is 11.9. The molecule has 2 heterocycles. The number of amides is 1. The molecule has 3 aromatic rings. The number of rotatable bonds is 7. The van der Waals surface area contributed by atoms with Gasteiger partial charge in [-0.3, -0.25) is 4.79 Å². The van der Waals surface area contributed by atoms with Crippen LogP contribution in [-0.2, 0) is 17.8 Å². The lowest BCUT2D eigenvalue weighted by Crippen LogP contribution is -2.23. The summed E-state index contributed by atoms with van der Waals surface area (Å²) in [5, 5.41) is 17.2. The second-order valence-corrected chi connectivity index (χ2v) is 7.97. The predicted molar refractivity (Wildman–Crippen MR) is 101 cm³/mol. The summed E-state index contributed by atoms with van der Waals surface area (Å²) in [6.45, 7) is 4.56. The molecule has 0 fully saturated rings. The fraction of sp³-hybridized carbons (Fsp3) is 0.294. The Morgan fingerprint density at radius 2 is 2.12 bits per heavy atom. The van der Waals surface area contributed by atoms with Crippen LogP contribution in [0.1, 0.15) is 17.4 Å². The molecule has 0 aliphatic carbocycles. The van der Waals surface area contributed by atoms with Gasteiger partial charge in [-0.2, -0.15) is 0 Å². The minimum absolute atomic E-state index is 0.0679. The molecule has 1 atom stereocenters. The van der Waals surface area contributed by atoms with Crippen LogP contribution >= 0.6 is 23.1 Å². The van der Waals surface area contributed by atoms with Gasteiger partial charge >= 0.3 is 0 Å². The lowest BCUT2D eigenvalue weighted by Gasteiger charge is -2.11. The van der Waals surface area contributed by atoms with Crippen molar-refractivity contribution in [2.45, 2.75) is 37.2 Å². The van der Waals surface area contributed by atoms with Gasteiger partial charge in [-0.25, -0.2) is 4.68 Å². The maximum atomic E-state index is 12.4. The number of nitrogens with zero attached hydrogens (tertiary/aromatic N) is 4. The van der Waals surface area contributed by atoms with E-state index in [0.717, 1.165) is 17.7 Å². The van der Waals surface area contributed by atoms with Crippen molar-refractivity contribution in [3.05, 3.63) is 52.2 Å². The Morgan fingerprint density at radius 1 is 1.32 bits per heavy atom. The van der Waals surface area contributed by atoms with Gasteiger partial charge in [-0.15, -0.1) is 16.4 Å². The van der Waals surface area contributed by atoms with Gasteiger partial charge in [0.1, 0.15) is 0 Å². The molecule has 0 unspecified atom stereocenters. The number of aromatic nitrogens is 4. The van der Waals surface area contributed by atoms with E-state index in [0.29, 0.717) is 11.7 Å². The number of hydrogen-bond acceptors (Lipinski definition) is 6. The summed E-state index contributed by atoms with van der Waals surface area (Å²) in [4.78, 5) is 13.7. The third kappa shape index (κ3) is 4.90. The maximum absolute atomic E-state index is 12.4. The largest absolute Gasteiger partial charge is 0.325 e. The fourth-order valence-corrected chi connectivity index (χ4v) is 3.70. The van der Waals surface area contributed by atoms with Crippen molar-refractivity contribution in [2.24, 2.45) is 0 Å². The second kappa shape index (κ2) is 8.26. The summed E-state index contributed by atoms with van der Waals surface area (Å²) in [7, 11) is 0. The average molecular weight is 374 g/mol. The first-order valence-corrected chi connectivity index (χ1v) is 9.70. The van der Waals surface area contributed by atoms with Crippen LogP contribution < -0.4 is 5.32 Å². The summed E-state index contributed by atoms with van der Waals surface area (Å²) < 4.78 is 1.75. The molecule has 2 aromatic heterocycles. The smallest absolute Gasteiger partial charge is 0.237 e. The summed E-state index contributed by atoms with van der Waals surface area (Å²) in [5.41, 5.74) is 1.95. The van der Waals surface area contributed by atoms with Crippen molar-refractivity contribution in [1.29, 1.82) is 0 Å². The molecule has 0 aliphatic rings. The van der Waals surface area contributed by atoms with Crippen LogP contribution in [0.5, 0.6) is 0 Å². The fourth-order valence-electron chi connectivity index (χ4n) is 2.18. The van der Waals surface area contributed by atoms with E-state index in [1.54, 1.807) is 16.0 Å². The number of carbonyl (C=O) groups is 1. The number of thioether (sulfide) groups is 1. The van der Waals surface area contributed by atoms with Gasteiger partial charge in [0.25, 0.3) is 0 Å². The van der Waals surface area contributed by atoms with Crippen LogP contribution in [0.4, 0.5) is 5.69 Å². The van der Waals surface area contributed by atoms with Crippen molar-refractivity contribution >= 4 is 34.7 Å². The number of tetrazole rings is 1. The lowest BCUT2D eigenvalue weighted by molar-refractivity contribution is -0.115. The number of nitrogens with one attached hydrogen (secondary N) is 1. The van der Waals surface area contributed by atoms with E-state index in [4.69, 9.17) is 0 Å². The molecule has 1 N–H and O–H groups in total. The first-order chi connectivity index (χ1) is 12.1. The van der Waals surface area contributed by atoms with E-state index in [1.165, 1.54) is 16.6 Å². The topological polar surface area (TPSA) is 72.7 Å². The molecule has 130 valence electrons. The molecule has 25 heavy (non-hydrogen) atoms. The number of hydrogen-bond donors (Lipinski definition) is 1. The van der Waals surface area contributed by atoms with E-state index in [9.17, 15) is 4.79 Å². The van der Waals surface area contributed by atoms with Gasteiger partial charge in [-0.05, 0) is 47.9 Å². The Morgan fingerprint density at radius 3 is 2.84 bits per heavy atom. The Balaban J connectivity index is 1.57. The van der Waals surface area contributed by atoms with E-state index in [-0.39, 0.29) is 11.2 Å². The lowest BCUT2D eigenvalue weighted by atomic mass is 10.2. The van der Waals surface area contributed by atoms with Gasteiger partial charge in [0, 0.05) is 17.0 Å². The van der Waals surface area contributed by atoms with E-state index < -0.39 is 0 Å². The third-order valence-corrected chi connectivity index (χ3v) is 5.63. The molecule has 0 aliphatic heterocycles. The van der Waals surface area contributed by atoms with Gasteiger partial charge in [0.05, 0.1) is 11.8 Å². The zero-order valence-electron chi connectivity index (χ0n) is 14.0. The molecule has 3 rings (SSSR count). The summed E-state index contributed by atoms with van der Waals surface area (Å²) in [5.74, 6) is -0.0679. The number of anilines is 1. The number of aryl methyl sites for hydroxylation is 3. The van der Waals surface area contributed by atoms with Crippen LogP contribution in [0.3, 0.4) is 0 Å². The highest BCUT2D eigenvalue weighted by molar-refractivity contribution is 8.00. The van der Waals surface area contributed by atoms with E-state index >= 15 is 0 Å². The van der Waals surface area contributed by atoms with Gasteiger partial charge in [0.15, 0.2) is 0 Å². The van der Waals surface area contributed by atoms with Crippen molar-refractivity contribution in [2.75, 3.05) is 5.32 Å². The van der Waals surface area contributed by atoms with E-state index in [1.807, 2.05) is 44.2 Å². The molecule has 0 bridgehead atoms. The van der Waals surface area contributed by atoms with Crippen molar-refractivity contribution in [1.82, 2.24) is 20.2 Å². The molecule has 1 aromatic carbocycles. The van der Waals surface area contributed by atoms with Crippen molar-refractivity contribution in [3.8, 4) is 0 Å². The zero-order chi connectivity index (χ0) is 17.6. The summed E-state index contributed by atoms with van der Waals surface area (Å²) in [6.07, 6.45) is 0.875. The highest BCUT2D eigenvalue weighted by Crippen LogP contribution is 2.22. The van der Waals surface area contributed by atoms with Crippen LogP contribution in [0.25, 0.3) is 0 Å². The number of carbonyl (C=O) groups excluding carboxylic acids is 1. The Kier molecular flexibility index (Phi) is 5.83. The predicted octanol–water partition coefficient (Wildman–Crippen LogP) is 3.41. The van der Waals surface area contributed by atoms with Crippen LogP contribution in [-0.4, -0.2) is 31.4 Å². The molecule has 0 spiro atoms. The summed E-state index contributed by atoms with van der Waals surface area (Å²) >= 11 is 3.08. The number of benzene rings is 1. The quantitative estimate of drug-likeness (QED) is 0.643. The van der Waals surface area contributed by atoms with Crippen LogP contribution in [0.15, 0.2) is 46.9 Å². The van der Waals surface area contributed by atoms with Gasteiger partial charge < -0.3 is 5.32 Å². The molecule has 8 heteroatoms. The highest BCUT2D eigenvalue weighted by Gasteiger charge is 2.18. The maximum Gasteiger partial charge on any atom is 0.237 e. The van der Waals surface area contributed by atoms with E-state index in [2.05, 4.69) is 32.3 Å². The normalized spacial score (nSPS) is 12.1. The van der Waals surface area contributed by atoms with Crippen molar-refractivity contribution in [3.63, 3.8) is 0 Å². The minimum Gasteiger partial charge on any atom is -0.325 e. The molecule has 6 nitrogen and oxygen atoms in total. The van der Waals surface area contributed by atoms with Crippen LogP contribution in [0.2, 0.25) is 0 Å². The standard InChI is InChI=1S/C17H19N5OS2/c1-12-5-7-14(8-6-12)18-16(23)13(2)25-17-19-20-21-22(17)10-9-15-4-3-11-24-15/h3-8,11,13H,9-10H2,1-2H3,(H,18,23)/t13-/m1/s1. The highest BCUT2D eigenvalue weighted by atomic mass is 32.2. The molecular weight excluding hydrogens is 354 g/mol. The van der Waals surface area contributed by atoms with Gasteiger partial charge in [-0.1, -0.05) is 35.5 Å². The third-order valence-electron chi connectivity index (χ3n) is 3.62. The Hall–Kier alpha value is -2.19. The molecular formula is C17H19N5OS2. The Bertz CT molecular complexity index is 814. The zero-order valence-corrected chi connectivity index (χ0v) is 15.7. The second-order valence-electron chi connectivity index (χ2n) is 5.63. The molecule has 1 amide bonds. The molecule has 0 saturated carbocycles. The van der Waals surface area contributed by atoms with Crippen molar-refractivity contribution < 1.29 is 4.79 Å². The monoisotopic (exact) mass is 373 g/mol. The average Bonchev–Trinajstić information content (AvgIpc) is 3.26. The first-order valence-electron chi connectivity index (χ1n) is 7.94. The first kappa shape index (κ1) is 17.6. The minimum atomic E-state index is -0.298. The Labute approximate surface area is 154 Å². The molecule has 0 saturated heterocycles. The number of thiophene rings is 1. The molecule has 0 radical (unpaired) electrons. The van der Waals surface area contributed by atoms with Gasteiger partial charge in [0.2, 0.25) is 11.1 Å².